The highest BCUT2D eigenvalue weighted by Gasteiger charge is 2.05. The third kappa shape index (κ3) is 2.54. The summed E-state index contributed by atoms with van der Waals surface area (Å²) in [6.45, 7) is 3.34. The van der Waals surface area contributed by atoms with Crippen LogP contribution in [-0.4, -0.2) is 12.2 Å². The van der Waals surface area contributed by atoms with Gasteiger partial charge in [-0.05, 0) is 27.6 Å². The molecule has 0 fully saturated rings. The van der Waals surface area contributed by atoms with Crippen LogP contribution in [0.2, 0.25) is 0 Å². The second-order valence-corrected chi connectivity index (χ2v) is 4.58. The number of benzene rings is 3. The van der Waals surface area contributed by atoms with E-state index in [-0.39, 0.29) is 0 Å². The van der Waals surface area contributed by atoms with Gasteiger partial charge < -0.3 is 4.84 Å². The lowest BCUT2D eigenvalue weighted by molar-refractivity contribution is -0.137. The predicted octanol–water partition coefficient (Wildman–Crippen LogP) is 4.06. The summed E-state index contributed by atoms with van der Waals surface area (Å²) in [5, 5.41) is 8.13. The number of oxime groups is 1. The molecule has 3 aromatic carbocycles. The molecule has 102 valence electrons. The molecule has 3 heteroatoms. The van der Waals surface area contributed by atoms with Gasteiger partial charge in [-0.2, -0.15) is 0 Å². The molecule has 0 saturated carbocycles. The molecule has 0 heterocycles. The van der Waals surface area contributed by atoms with E-state index in [0.717, 1.165) is 33.2 Å². The first-order valence-corrected chi connectivity index (χ1v) is 6.57. The average molecular weight is 275 g/mol. The van der Waals surface area contributed by atoms with Gasteiger partial charge in [-0.3, -0.25) is 0 Å². The summed E-state index contributed by atoms with van der Waals surface area (Å²) in [7, 11) is 0. The summed E-state index contributed by atoms with van der Waals surface area (Å²) in [4.78, 5) is 15.8. The third-order valence-electron chi connectivity index (χ3n) is 3.30. The molecule has 0 N–H and O–H groups in total. The van der Waals surface area contributed by atoms with Gasteiger partial charge in [0.15, 0.2) is 0 Å². The molecular formula is C18H13NO2. The van der Waals surface area contributed by atoms with Crippen molar-refractivity contribution in [2.24, 2.45) is 5.16 Å². The molecular weight excluding hydrogens is 262 g/mol. The van der Waals surface area contributed by atoms with Crippen molar-refractivity contribution in [3.8, 4) is 0 Å². The Morgan fingerprint density at radius 3 is 2.14 bits per heavy atom. The Morgan fingerprint density at radius 1 is 1.00 bits per heavy atom. The minimum absolute atomic E-state index is 0.573. The van der Waals surface area contributed by atoms with E-state index >= 15 is 0 Å². The highest BCUT2D eigenvalue weighted by Crippen LogP contribution is 2.27. The Morgan fingerprint density at radius 2 is 1.57 bits per heavy atom. The average Bonchev–Trinajstić information content (AvgIpc) is 2.54. The molecule has 0 aliphatic rings. The molecule has 3 nitrogen and oxygen atoms in total. The van der Waals surface area contributed by atoms with Crippen molar-refractivity contribution in [2.45, 2.75) is 0 Å². The zero-order chi connectivity index (χ0) is 14.7. The first-order chi connectivity index (χ1) is 10.3. The fraction of sp³-hybridized carbons (Fsp3) is 0. The maximum atomic E-state index is 11.1. The Bertz CT molecular complexity index is 811. The van der Waals surface area contributed by atoms with Gasteiger partial charge in [-0.1, -0.05) is 60.3 Å². The molecule has 0 bridgehead atoms. The summed E-state index contributed by atoms with van der Waals surface area (Å²) in [6.07, 6.45) is 2.66. The van der Waals surface area contributed by atoms with Gasteiger partial charge >= 0.3 is 5.97 Å². The zero-order valence-electron chi connectivity index (χ0n) is 11.3. The lowest BCUT2D eigenvalue weighted by Gasteiger charge is -2.07. The zero-order valence-corrected chi connectivity index (χ0v) is 11.3. The molecule has 0 amide bonds. The van der Waals surface area contributed by atoms with Crippen LogP contribution in [0.3, 0.4) is 0 Å². The monoisotopic (exact) mass is 275 g/mol. The van der Waals surface area contributed by atoms with Gasteiger partial charge in [0.1, 0.15) is 0 Å². The van der Waals surface area contributed by atoms with Crippen LogP contribution in [0.4, 0.5) is 0 Å². The van der Waals surface area contributed by atoms with E-state index in [9.17, 15) is 4.79 Å². The van der Waals surface area contributed by atoms with Crippen molar-refractivity contribution in [2.75, 3.05) is 0 Å². The van der Waals surface area contributed by atoms with E-state index in [1.165, 1.54) is 0 Å². The molecule has 21 heavy (non-hydrogen) atoms. The van der Waals surface area contributed by atoms with Gasteiger partial charge in [-0.25, -0.2) is 4.79 Å². The van der Waals surface area contributed by atoms with E-state index in [1.807, 2.05) is 36.4 Å². The van der Waals surface area contributed by atoms with Crippen LogP contribution < -0.4 is 0 Å². The molecule has 3 aromatic rings. The highest BCUT2D eigenvalue weighted by atomic mass is 16.7. The number of hydrogen-bond donors (Lipinski definition) is 0. The number of carbonyl (C=O) groups excluding carboxylic acids is 1. The van der Waals surface area contributed by atoms with E-state index in [0.29, 0.717) is 0 Å². The van der Waals surface area contributed by atoms with Crippen LogP contribution in [0.1, 0.15) is 5.56 Å². The van der Waals surface area contributed by atoms with Crippen LogP contribution in [0.25, 0.3) is 21.5 Å². The summed E-state index contributed by atoms with van der Waals surface area (Å²) >= 11 is 0. The molecule has 0 spiro atoms. The molecule has 0 saturated heterocycles. The molecule has 0 radical (unpaired) electrons. The van der Waals surface area contributed by atoms with Crippen LogP contribution >= 0.6 is 0 Å². The fourth-order valence-electron chi connectivity index (χ4n) is 2.36. The number of carbonyl (C=O) groups is 1. The maximum absolute atomic E-state index is 11.1. The first kappa shape index (κ1) is 13.1. The largest absolute Gasteiger partial charge is 0.357 e. The van der Waals surface area contributed by atoms with Crippen LogP contribution in [0.15, 0.2) is 72.4 Å². The standard InChI is InChI=1S/C18H13NO2/c1-2-18(20)21-19-12-17-15-9-5-3-7-13(15)11-14-8-4-6-10-16(14)17/h2-12H,1H2. The second kappa shape index (κ2) is 5.59. The quantitative estimate of drug-likeness (QED) is 0.238. The Balaban J connectivity index is 2.20. The molecule has 0 aliphatic carbocycles. The summed E-state index contributed by atoms with van der Waals surface area (Å²) in [6, 6.07) is 18.2. The van der Waals surface area contributed by atoms with Gasteiger partial charge in [0, 0.05) is 11.6 Å². The van der Waals surface area contributed by atoms with Crippen LogP contribution in [-0.2, 0) is 9.63 Å². The number of nitrogens with zero attached hydrogens (tertiary/aromatic N) is 1. The van der Waals surface area contributed by atoms with Crippen molar-refractivity contribution < 1.29 is 9.63 Å². The van der Waals surface area contributed by atoms with Crippen LogP contribution in [0, 0.1) is 0 Å². The molecule has 0 aliphatic heterocycles. The van der Waals surface area contributed by atoms with Crippen LogP contribution in [0.5, 0.6) is 0 Å². The lowest BCUT2D eigenvalue weighted by Crippen LogP contribution is -1.95. The minimum atomic E-state index is -0.573. The van der Waals surface area contributed by atoms with Gasteiger partial charge in [-0.15, -0.1) is 0 Å². The van der Waals surface area contributed by atoms with Crippen molar-refractivity contribution in [3.63, 3.8) is 0 Å². The third-order valence-corrected chi connectivity index (χ3v) is 3.30. The summed E-state index contributed by atoms with van der Waals surface area (Å²) in [5.41, 5.74) is 0.931. The number of rotatable bonds is 3. The first-order valence-electron chi connectivity index (χ1n) is 6.57. The highest BCUT2D eigenvalue weighted by molar-refractivity contribution is 6.13. The van der Waals surface area contributed by atoms with E-state index in [4.69, 9.17) is 4.84 Å². The van der Waals surface area contributed by atoms with Crippen molar-refractivity contribution in [1.82, 2.24) is 0 Å². The molecule has 0 atom stereocenters. The Hall–Kier alpha value is -2.94. The van der Waals surface area contributed by atoms with Gasteiger partial charge in [0.2, 0.25) is 0 Å². The Kier molecular flexibility index (Phi) is 3.48. The van der Waals surface area contributed by atoms with Crippen molar-refractivity contribution >= 4 is 33.7 Å². The minimum Gasteiger partial charge on any atom is -0.314 e. The molecule has 0 aromatic heterocycles. The predicted molar refractivity (Wildman–Crippen MR) is 85.3 cm³/mol. The second-order valence-electron chi connectivity index (χ2n) is 4.58. The topological polar surface area (TPSA) is 38.7 Å². The summed E-state index contributed by atoms with van der Waals surface area (Å²) < 4.78 is 0. The molecule has 0 unspecified atom stereocenters. The summed E-state index contributed by atoms with van der Waals surface area (Å²) in [5.74, 6) is -0.573. The Labute approximate surface area is 122 Å². The lowest BCUT2D eigenvalue weighted by atomic mass is 9.97. The normalized spacial score (nSPS) is 11.0. The maximum Gasteiger partial charge on any atom is 0.357 e. The SMILES string of the molecule is C=CC(=O)ON=Cc1c2ccccc2cc2ccccc12. The van der Waals surface area contributed by atoms with Crippen molar-refractivity contribution in [1.29, 1.82) is 0 Å². The van der Waals surface area contributed by atoms with Gasteiger partial charge in [0.05, 0.1) is 6.21 Å². The van der Waals surface area contributed by atoms with Crippen molar-refractivity contribution in [3.05, 3.63) is 72.8 Å². The van der Waals surface area contributed by atoms with E-state index in [2.05, 4.69) is 29.9 Å². The fourth-order valence-corrected chi connectivity index (χ4v) is 2.36. The van der Waals surface area contributed by atoms with E-state index in [1.54, 1.807) is 6.21 Å². The van der Waals surface area contributed by atoms with Gasteiger partial charge in [0.25, 0.3) is 0 Å². The number of hydrogen-bond acceptors (Lipinski definition) is 3. The number of fused-ring (bicyclic) bond motifs is 2. The van der Waals surface area contributed by atoms with E-state index < -0.39 is 5.97 Å². The smallest absolute Gasteiger partial charge is 0.314 e. The molecule has 3 rings (SSSR count).